The van der Waals surface area contributed by atoms with Crippen LogP contribution in [0.25, 0.3) is 0 Å². The van der Waals surface area contributed by atoms with Gasteiger partial charge in [-0.05, 0) is 36.5 Å². The third kappa shape index (κ3) is 2.09. The summed E-state index contributed by atoms with van der Waals surface area (Å²) in [5.74, 6) is 1.14. The number of halogens is 1. The van der Waals surface area contributed by atoms with Gasteiger partial charge < -0.3 is 5.73 Å². The molecule has 0 aromatic heterocycles. The van der Waals surface area contributed by atoms with Crippen molar-refractivity contribution in [1.82, 2.24) is 4.90 Å². The summed E-state index contributed by atoms with van der Waals surface area (Å²) in [6.07, 6.45) is 0.419. The molecular weight excluding hydrogens is 342 g/mol. The van der Waals surface area contributed by atoms with E-state index in [1.807, 2.05) is 6.07 Å². The van der Waals surface area contributed by atoms with E-state index < -0.39 is 5.54 Å². The second-order valence-electron chi connectivity index (χ2n) is 7.02. The molecule has 4 unspecified atom stereocenters. The summed E-state index contributed by atoms with van der Waals surface area (Å²) in [6, 6.07) is 8.43. The van der Waals surface area contributed by atoms with Gasteiger partial charge in [-0.25, -0.2) is 4.99 Å². The van der Waals surface area contributed by atoms with E-state index in [2.05, 4.69) is 59.9 Å². The topological polar surface area (TPSA) is 58.7 Å². The Labute approximate surface area is 139 Å². The van der Waals surface area contributed by atoms with Gasteiger partial charge in [0, 0.05) is 16.9 Å². The number of carbonyl (C=O) groups excluding carboxylic acids is 1. The number of hydrogen-bond acceptors (Lipinski definition) is 3. The summed E-state index contributed by atoms with van der Waals surface area (Å²) in [5.41, 5.74) is 6.85. The Kier molecular flexibility index (Phi) is 3.40. The molecule has 22 heavy (non-hydrogen) atoms. The molecule has 0 bridgehead atoms. The zero-order chi connectivity index (χ0) is 16.3. The van der Waals surface area contributed by atoms with Gasteiger partial charge in [-0.15, -0.1) is 0 Å². The summed E-state index contributed by atoms with van der Waals surface area (Å²) in [7, 11) is 1.69. The minimum atomic E-state index is -0.426. The molecule has 1 aliphatic heterocycles. The quantitative estimate of drug-likeness (QED) is 0.877. The van der Waals surface area contributed by atoms with E-state index in [1.54, 1.807) is 7.05 Å². The fourth-order valence-corrected chi connectivity index (χ4v) is 4.69. The Morgan fingerprint density at radius 2 is 2.09 bits per heavy atom. The number of nitrogens with two attached hydrogens (primary N) is 1. The summed E-state index contributed by atoms with van der Waals surface area (Å²) >= 11 is 3.55. The van der Waals surface area contributed by atoms with Crippen molar-refractivity contribution in [3.05, 3.63) is 34.3 Å². The van der Waals surface area contributed by atoms with Gasteiger partial charge >= 0.3 is 0 Å². The molecule has 0 spiro atoms. The lowest BCUT2D eigenvalue weighted by atomic mass is 9.83. The lowest BCUT2D eigenvalue weighted by Gasteiger charge is -2.35. The van der Waals surface area contributed by atoms with Crippen LogP contribution in [-0.2, 0) is 10.2 Å². The van der Waals surface area contributed by atoms with Crippen LogP contribution in [0.4, 0.5) is 0 Å². The minimum absolute atomic E-state index is 0.0263. The molecule has 5 heteroatoms. The molecule has 0 saturated heterocycles. The van der Waals surface area contributed by atoms with E-state index >= 15 is 0 Å². The molecule has 1 aliphatic carbocycles. The van der Waals surface area contributed by atoms with Crippen molar-refractivity contribution in [2.45, 2.75) is 38.1 Å². The third-order valence-electron chi connectivity index (χ3n) is 5.70. The molecule has 4 atom stereocenters. The van der Waals surface area contributed by atoms with Crippen LogP contribution in [0.5, 0.6) is 0 Å². The number of nitrogens with zero attached hydrogens (tertiary/aromatic N) is 2. The molecule has 118 valence electrons. The molecule has 2 N–H and O–H groups in total. The van der Waals surface area contributed by atoms with Gasteiger partial charge in [0.15, 0.2) is 5.96 Å². The zero-order valence-corrected chi connectivity index (χ0v) is 15.0. The highest BCUT2D eigenvalue weighted by molar-refractivity contribution is 9.10. The SMILES string of the molecule is CC1C(C2(C)CC(=O)N(C)C(N)=N2)C1(C)c1cccc(Br)c1. The van der Waals surface area contributed by atoms with E-state index in [1.165, 1.54) is 10.5 Å². The van der Waals surface area contributed by atoms with Crippen molar-refractivity contribution in [2.75, 3.05) is 7.05 Å². The fraction of sp³-hybridized carbons (Fsp3) is 0.529. The average Bonchev–Trinajstić information content (AvgIpc) is 3.01. The number of aliphatic imine (C=N–C) groups is 1. The largest absolute Gasteiger partial charge is 0.369 e. The number of guanidine groups is 1. The normalized spacial score (nSPS) is 38.0. The molecule has 1 saturated carbocycles. The van der Waals surface area contributed by atoms with Crippen LogP contribution >= 0.6 is 15.9 Å². The highest BCUT2D eigenvalue weighted by Crippen LogP contribution is 2.65. The van der Waals surface area contributed by atoms with E-state index in [4.69, 9.17) is 5.73 Å². The molecule has 4 nitrogen and oxygen atoms in total. The van der Waals surface area contributed by atoms with E-state index in [-0.39, 0.29) is 11.3 Å². The molecule has 0 radical (unpaired) electrons. The second-order valence-corrected chi connectivity index (χ2v) is 7.93. The van der Waals surface area contributed by atoms with Crippen molar-refractivity contribution >= 4 is 27.8 Å². The van der Waals surface area contributed by atoms with Crippen LogP contribution in [0, 0.1) is 11.8 Å². The minimum Gasteiger partial charge on any atom is -0.369 e. The Balaban J connectivity index is 1.99. The lowest BCUT2D eigenvalue weighted by Crippen LogP contribution is -2.50. The first-order valence-corrected chi connectivity index (χ1v) is 8.37. The van der Waals surface area contributed by atoms with Gasteiger partial charge in [0.05, 0.1) is 12.0 Å². The van der Waals surface area contributed by atoms with Crippen molar-refractivity contribution in [3.8, 4) is 0 Å². The maximum absolute atomic E-state index is 12.2. The highest BCUT2D eigenvalue weighted by atomic mass is 79.9. The van der Waals surface area contributed by atoms with Gasteiger partial charge in [-0.1, -0.05) is 41.9 Å². The predicted molar refractivity (Wildman–Crippen MR) is 91.6 cm³/mol. The maximum atomic E-state index is 12.2. The molecular formula is C17H22BrN3O. The lowest BCUT2D eigenvalue weighted by molar-refractivity contribution is -0.128. The Morgan fingerprint density at radius 1 is 1.41 bits per heavy atom. The van der Waals surface area contributed by atoms with E-state index in [9.17, 15) is 4.79 Å². The average molecular weight is 364 g/mol. The smallest absolute Gasteiger partial charge is 0.231 e. The van der Waals surface area contributed by atoms with Gasteiger partial charge in [0.1, 0.15) is 0 Å². The number of hydrogen-bond donors (Lipinski definition) is 1. The maximum Gasteiger partial charge on any atom is 0.231 e. The molecule has 1 amide bonds. The molecule has 1 fully saturated rings. The number of amides is 1. The Morgan fingerprint density at radius 3 is 2.68 bits per heavy atom. The van der Waals surface area contributed by atoms with Gasteiger partial charge in [-0.3, -0.25) is 9.69 Å². The summed E-state index contributed by atoms with van der Waals surface area (Å²) < 4.78 is 1.08. The standard InChI is InChI=1S/C17H22BrN3O/c1-10-14(16(2)9-13(22)21(4)15(19)20-16)17(10,3)11-6-5-7-12(18)8-11/h5-8,10,14H,9H2,1-4H3,(H2,19,20). The fourth-order valence-electron chi connectivity index (χ4n) is 4.29. The first-order chi connectivity index (χ1) is 10.2. The zero-order valence-electron chi connectivity index (χ0n) is 13.4. The number of benzene rings is 1. The predicted octanol–water partition coefficient (Wildman–Crippen LogP) is 2.91. The summed E-state index contributed by atoms with van der Waals surface area (Å²) in [4.78, 5) is 18.4. The first-order valence-electron chi connectivity index (χ1n) is 7.58. The van der Waals surface area contributed by atoms with E-state index in [0.717, 1.165) is 4.47 Å². The van der Waals surface area contributed by atoms with Crippen LogP contribution in [0.3, 0.4) is 0 Å². The van der Waals surface area contributed by atoms with E-state index in [0.29, 0.717) is 24.2 Å². The molecule has 3 rings (SSSR count). The van der Waals surface area contributed by atoms with Crippen molar-refractivity contribution in [1.29, 1.82) is 0 Å². The van der Waals surface area contributed by atoms with Crippen LogP contribution in [-0.4, -0.2) is 29.4 Å². The molecule has 1 aromatic rings. The van der Waals surface area contributed by atoms with Gasteiger partial charge in [0.2, 0.25) is 5.91 Å². The number of rotatable bonds is 2. The Bertz CT molecular complexity index is 674. The van der Waals surface area contributed by atoms with Gasteiger partial charge in [0.25, 0.3) is 0 Å². The van der Waals surface area contributed by atoms with Crippen LogP contribution in [0.1, 0.15) is 32.8 Å². The summed E-state index contributed by atoms with van der Waals surface area (Å²) in [5, 5.41) is 0. The van der Waals surface area contributed by atoms with Crippen LogP contribution < -0.4 is 5.73 Å². The summed E-state index contributed by atoms with van der Waals surface area (Å²) in [6.45, 7) is 6.57. The Hall–Kier alpha value is -1.36. The highest BCUT2D eigenvalue weighted by Gasteiger charge is 2.67. The molecule has 1 heterocycles. The van der Waals surface area contributed by atoms with Crippen molar-refractivity contribution in [2.24, 2.45) is 22.6 Å². The van der Waals surface area contributed by atoms with Crippen LogP contribution in [0.15, 0.2) is 33.7 Å². The van der Waals surface area contributed by atoms with Gasteiger partial charge in [-0.2, -0.15) is 0 Å². The third-order valence-corrected chi connectivity index (χ3v) is 6.19. The monoisotopic (exact) mass is 363 g/mol. The molecule has 2 aliphatic rings. The van der Waals surface area contributed by atoms with Crippen LogP contribution in [0.2, 0.25) is 0 Å². The van der Waals surface area contributed by atoms with Crippen molar-refractivity contribution in [3.63, 3.8) is 0 Å². The molecule has 1 aromatic carbocycles. The number of carbonyl (C=O) groups is 1. The van der Waals surface area contributed by atoms with Crippen molar-refractivity contribution < 1.29 is 4.79 Å². The second kappa shape index (κ2) is 4.82. The first kappa shape index (κ1) is 15.5.